The van der Waals surface area contributed by atoms with Gasteiger partial charge in [-0.05, 0) is 50.1 Å². The second-order valence-corrected chi connectivity index (χ2v) is 7.18. The summed E-state index contributed by atoms with van der Waals surface area (Å²) in [6, 6.07) is 16.4. The van der Waals surface area contributed by atoms with Gasteiger partial charge in [0.1, 0.15) is 17.5 Å². The molecule has 1 heterocycles. The summed E-state index contributed by atoms with van der Waals surface area (Å²) in [6.07, 6.45) is 2.44. The number of nitrogens with zero attached hydrogens (tertiary/aromatic N) is 2. The highest BCUT2D eigenvalue weighted by Gasteiger charge is 2.17. The number of hydrogen-bond donors (Lipinski definition) is 1. The van der Waals surface area contributed by atoms with Gasteiger partial charge in [0.15, 0.2) is 0 Å². The van der Waals surface area contributed by atoms with E-state index in [2.05, 4.69) is 9.88 Å². The Bertz CT molecular complexity index is 1120. The predicted octanol–water partition coefficient (Wildman–Crippen LogP) is 4.96. The summed E-state index contributed by atoms with van der Waals surface area (Å²) >= 11 is 0. The van der Waals surface area contributed by atoms with E-state index in [1.807, 2.05) is 57.2 Å². The molecular weight excluding hydrogens is 365 g/mol. The van der Waals surface area contributed by atoms with Gasteiger partial charge in [-0.3, -0.25) is 4.79 Å². The molecule has 0 saturated heterocycles. The molecule has 1 atom stereocenters. The number of rotatable bonds is 6. The minimum Gasteiger partial charge on any atom is -0.349 e. The van der Waals surface area contributed by atoms with Gasteiger partial charge in [0, 0.05) is 34.7 Å². The monoisotopic (exact) mass is 389 g/mol. The Morgan fingerprint density at radius 2 is 2.03 bits per heavy atom. The van der Waals surface area contributed by atoms with E-state index in [1.54, 1.807) is 12.1 Å². The average Bonchev–Trinajstić information content (AvgIpc) is 2.97. The quantitative estimate of drug-likeness (QED) is 0.479. The van der Waals surface area contributed by atoms with Crippen molar-refractivity contribution in [3.05, 3.63) is 76.7 Å². The molecule has 0 saturated carbocycles. The molecule has 3 rings (SSSR count). The number of amides is 1. The number of nitrogens with one attached hydrogen (secondary N) is 1. The van der Waals surface area contributed by atoms with Crippen molar-refractivity contribution in [3.63, 3.8) is 0 Å². The minimum atomic E-state index is -0.372. The number of carbonyl (C=O) groups is 1. The number of fused-ring (bicyclic) bond motifs is 1. The summed E-state index contributed by atoms with van der Waals surface area (Å²) in [7, 11) is 0. The fraction of sp³-hybridized carbons (Fsp3) is 0.250. The van der Waals surface area contributed by atoms with Crippen molar-refractivity contribution >= 4 is 22.9 Å². The van der Waals surface area contributed by atoms with Crippen LogP contribution in [-0.2, 0) is 11.3 Å². The highest BCUT2D eigenvalue weighted by Crippen LogP contribution is 2.29. The lowest BCUT2D eigenvalue weighted by Crippen LogP contribution is -2.32. The van der Waals surface area contributed by atoms with E-state index < -0.39 is 0 Å². The smallest absolute Gasteiger partial charge is 0.262 e. The van der Waals surface area contributed by atoms with Crippen molar-refractivity contribution in [2.24, 2.45) is 0 Å². The van der Waals surface area contributed by atoms with Gasteiger partial charge < -0.3 is 9.88 Å². The van der Waals surface area contributed by atoms with Gasteiger partial charge in [-0.25, -0.2) is 4.39 Å². The number of aromatic nitrogens is 1. The standard InChI is InChI=1S/C24H24FN3O/c1-4-16(2)27-24(29)19(14-26)13-22-17(3)28(23-11-6-5-10-21(22)23)15-18-8-7-9-20(25)12-18/h5-13,16H,4,15H2,1-3H3,(H,27,29)/b19-13+/t16-/m0/s1. The largest absolute Gasteiger partial charge is 0.349 e. The van der Waals surface area contributed by atoms with Crippen LogP contribution in [-0.4, -0.2) is 16.5 Å². The zero-order valence-electron chi connectivity index (χ0n) is 16.9. The zero-order chi connectivity index (χ0) is 21.0. The van der Waals surface area contributed by atoms with Crippen LogP contribution in [0.15, 0.2) is 54.1 Å². The third-order valence-electron chi connectivity index (χ3n) is 5.15. The topological polar surface area (TPSA) is 57.8 Å². The number of halogens is 1. The molecule has 0 aliphatic carbocycles. The van der Waals surface area contributed by atoms with Gasteiger partial charge in [-0.1, -0.05) is 37.3 Å². The van der Waals surface area contributed by atoms with Crippen LogP contribution in [0.3, 0.4) is 0 Å². The van der Waals surface area contributed by atoms with Crippen LogP contribution in [0.2, 0.25) is 0 Å². The zero-order valence-corrected chi connectivity index (χ0v) is 16.9. The van der Waals surface area contributed by atoms with Crippen molar-refractivity contribution in [2.75, 3.05) is 0 Å². The summed E-state index contributed by atoms with van der Waals surface area (Å²) in [5.41, 5.74) is 3.63. The maximum atomic E-state index is 13.6. The third-order valence-corrected chi connectivity index (χ3v) is 5.15. The molecule has 0 unspecified atom stereocenters. The second-order valence-electron chi connectivity index (χ2n) is 7.18. The van der Waals surface area contributed by atoms with Gasteiger partial charge in [0.25, 0.3) is 5.91 Å². The number of benzene rings is 2. The van der Waals surface area contributed by atoms with Crippen LogP contribution < -0.4 is 5.32 Å². The molecule has 0 fully saturated rings. The van der Waals surface area contributed by atoms with E-state index in [1.165, 1.54) is 12.1 Å². The molecule has 0 aliphatic rings. The molecule has 1 aromatic heterocycles. The Balaban J connectivity index is 2.08. The first kappa shape index (κ1) is 20.3. The second kappa shape index (κ2) is 8.74. The molecule has 29 heavy (non-hydrogen) atoms. The molecule has 1 amide bonds. The lowest BCUT2D eigenvalue weighted by Gasteiger charge is -2.10. The van der Waals surface area contributed by atoms with Crippen molar-refractivity contribution < 1.29 is 9.18 Å². The molecule has 1 N–H and O–H groups in total. The fourth-order valence-electron chi connectivity index (χ4n) is 3.36. The summed E-state index contributed by atoms with van der Waals surface area (Å²) < 4.78 is 15.7. The molecule has 4 nitrogen and oxygen atoms in total. The number of carbonyl (C=O) groups excluding carboxylic acids is 1. The average molecular weight is 389 g/mol. The van der Waals surface area contributed by atoms with Crippen molar-refractivity contribution in [1.82, 2.24) is 9.88 Å². The first-order valence-electron chi connectivity index (χ1n) is 9.69. The lowest BCUT2D eigenvalue weighted by molar-refractivity contribution is -0.117. The van der Waals surface area contributed by atoms with Crippen LogP contribution >= 0.6 is 0 Å². The van der Waals surface area contributed by atoms with Gasteiger partial charge >= 0.3 is 0 Å². The van der Waals surface area contributed by atoms with E-state index in [9.17, 15) is 14.4 Å². The minimum absolute atomic E-state index is 0.00494. The molecule has 0 radical (unpaired) electrons. The van der Waals surface area contributed by atoms with Gasteiger partial charge in [0.05, 0.1) is 0 Å². The summed E-state index contributed by atoms with van der Waals surface area (Å²) in [5.74, 6) is -0.645. The van der Waals surface area contributed by atoms with Crippen LogP contribution in [0.4, 0.5) is 4.39 Å². The first-order valence-corrected chi connectivity index (χ1v) is 9.69. The van der Waals surface area contributed by atoms with Crippen molar-refractivity contribution in [2.45, 2.75) is 39.8 Å². The molecule has 0 aliphatic heterocycles. The van der Waals surface area contributed by atoms with Gasteiger partial charge in [0.2, 0.25) is 0 Å². The molecule has 5 heteroatoms. The van der Waals surface area contributed by atoms with Crippen LogP contribution in [0.25, 0.3) is 17.0 Å². The molecule has 0 spiro atoms. The maximum Gasteiger partial charge on any atom is 0.262 e. The number of nitriles is 1. The Hall–Kier alpha value is -3.39. The van der Waals surface area contributed by atoms with E-state index >= 15 is 0 Å². The molecule has 3 aromatic rings. The Labute approximate surface area is 170 Å². The van der Waals surface area contributed by atoms with Crippen LogP contribution in [0.5, 0.6) is 0 Å². The Kier molecular flexibility index (Phi) is 6.13. The third kappa shape index (κ3) is 4.38. The van der Waals surface area contributed by atoms with E-state index in [-0.39, 0.29) is 23.3 Å². The first-order chi connectivity index (χ1) is 13.9. The fourth-order valence-corrected chi connectivity index (χ4v) is 3.36. The number of para-hydroxylation sites is 1. The van der Waals surface area contributed by atoms with E-state index in [4.69, 9.17) is 0 Å². The maximum absolute atomic E-state index is 13.6. The van der Waals surface area contributed by atoms with Crippen molar-refractivity contribution in [3.8, 4) is 6.07 Å². The Morgan fingerprint density at radius 1 is 1.28 bits per heavy atom. The summed E-state index contributed by atoms with van der Waals surface area (Å²) in [6.45, 7) is 6.33. The highest BCUT2D eigenvalue weighted by atomic mass is 19.1. The SMILES string of the molecule is CC[C@H](C)NC(=O)/C(C#N)=C/c1c(C)n(Cc2cccc(F)c2)c2ccccc12. The summed E-state index contributed by atoms with van der Waals surface area (Å²) in [4.78, 5) is 12.5. The van der Waals surface area contributed by atoms with Crippen LogP contribution in [0, 0.1) is 24.1 Å². The van der Waals surface area contributed by atoms with E-state index in [0.717, 1.165) is 34.1 Å². The lowest BCUT2D eigenvalue weighted by atomic mass is 10.1. The van der Waals surface area contributed by atoms with Crippen LogP contribution in [0.1, 0.15) is 37.1 Å². The predicted molar refractivity (Wildman–Crippen MR) is 114 cm³/mol. The van der Waals surface area contributed by atoms with Gasteiger partial charge in [-0.15, -0.1) is 0 Å². The highest BCUT2D eigenvalue weighted by molar-refractivity contribution is 6.04. The van der Waals surface area contributed by atoms with Crippen molar-refractivity contribution in [1.29, 1.82) is 5.26 Å². The Morgan fingerprint density at radius 3 is 2.72 bits per heavy atom. The molecule has 0 bridgehead atoms. The van der Waals surface area contributed by atoms with E-state index in [0.29, 0.717) is 6.54 Å². The molecule has 2 aromatic carbocycles. The summed E-state index contributed by atoms with van der Waals surface area (Å²) in [5, 5.41) is 13.3. The number of hydrogen-bond acceptors (Lipinski definition) is 2. The molecular formula is C24H24FN3O. The normalized spacial score (nSPS) is 12.6. The molecule has 148 valence electrons. The van der Waals surface area contributed by atoms with Gasteiger partial charge in [-0.2, -0.15) is 5.26 Å².